The summed E-state index contributed by atoms with van der Waals surface area (Å²) in [5.41, 5.74) is -0.697. The maximum absolute atomic E-state index is 11.7. The molecule has 25 heavy (non-hydrogen) atoms. The lowest BCUT2D eigenvalue weighted by molar-refractivity contribution is -0.165. The molecule has 6 nitrogen and oxygen atoms in total. The van der Waals surface area contributed by atoms with Gasteiger partial charge in [-0.15, -0.1) is 0 Å². The summed E-state index contributed by atoms with van der Waals surface area (Å²) >= 11 is 0. The molecule has 0 heterocycles. The van der Waals surface area contributed by atoms with Crippen LogP contribution in [-0.4, -0.2) is 36.7 Å². The highest BCUT2D eigenvalue weighted by molar-refractivity contribution is 5.94. The molecule has 144 valence electrons. The Labute approximate surface area is 150 Å². The first-order valence-electron chi connectivity index (χ1n) is 8.88. The molecule has 0 unspecified atom stereocenters. The molecule has 0 spiro atoms. The Balaban J connectivity index is 3.86. The predicted octanol–water partition coefficient (Wildman–Crippen LogP) is 3.72. The SMILES string of the molecule is C=C(CC(=O)OCCCCCCCC)C(=O)OCC(=O)OC(C)(C)C. The van der Waals surface area contributed by atoms with Gasteiger partial charge in [0.15, 0.2) is 6.61 Å². The Hall–Kier alpha value is -1.85. The molecule has 0 aromatic heterocycles. The topological polar surface area (TPSA) is 78.9 Å². The number of rotatable bonds is 12. The lowest BCUT2D eigenvalue weighted by Crippen LogP contribution is -2.27. The van der Waals surface area contributed by atoms with Crippen LogP contribution in [0.15, 0.2) is 12.2 Å². The molecular formula is C19H32O6. The van der Waals surface area contributed by atoms with Crippen molar-refractivity contribution in [1.29, 1.82) is 0 Å². The van der Waals surface area contributed by atoms with Gasteiger partial charge in [-0.25, -0.2) is 9.59 Å². The zero-order valence-corrected chi connectivity index (χ0v) is 16.0. The summed E-state index contributed by atoms with van der Waals surface area (Å²) < 4.78 is 14.8. The minimum Gasteiger partial charge on any atom is -0.465 e. The van der Waals surface area contributed by atoms with Crippen LogP contribution in [0.4, 0.5) is 0 Å². The molecule has 0 aliphatic carbocycles. The van der Waals surface area contributed by atoms with E-state index in [9.17, 15) is 14.4 Å². The molecule has 0 atom stereocenters. The van der Waals surface area contributed by atoms with Crippen molar-refractivity contribution in [2.75, 3.05) is 13.2 Å². The van der Waals surface area contributed by atoms with Gasteiger partial charge in [0.1, 0.15) is 5.60 Å². The van der Waals surface area contributed by atoms with Gasteiger partial charge in [0.2, 0.25) is 0 Å². The molecule has 0 aliphatic rings. The van der Waals surface area contributed by atoms with Crippen molar-refractivity contribution in [3.63, 3.8) is 0 Å². The maximum atomic E-state index is 11.7. The second-order valence-corrected chi connectivity index (χ2v) is 6.93. The Kier molecular flexibility index (Phi) is 11.6. The highest BCUT2D eigenvalue weighted by atomic mass is 16.6. The molecule has 0 N–H and O–H groups in total. The summed E-state index contributed by atoms with van der Waals surface area (Å²) in [6.07, 6.45) is 6.34. The third-order valence-corrected chi connectivity index (χ3v) is 3.15. The molecule has 0 saturated heterocycles. The molecule has 0 radical (unpaired) electrons. The van der Waals surface area contributed by atoms with E-state index in [-0.39, 0.29) is 12.0 Å². The fraction of sp³-hybridized carbons (Fsp3) is 0.737. The van der Waals surface area contributed by atoms with Crippen LogP contribution in [0.2, 0.25) is 0 Å². The molecule has 0 fully saturated rings. The molecule has 0 amide bonds. The van der Waals surface area contributed by atoms with Crippen molar-refractivity contribution in [1.82, 2.24) is 0 Å². The van der Waals surface area contributed by atoms with Crippen LogP contribution >= 0.6 is 0 Å². The number of hydrogen-bond donors (Lipinski definition) is 0. The number of carbonyl (C=O) groups excluding carboxylic acids is 3. The average molecular weight is 356 g/mol. The number of ether oxygens (including phenoxy) is 3. The van der Waals surface area contributed by atoms with E-state index in [2.05, 4.69) is 13.5 Å². The second kappa shape index (κ2) is 12.5. The van der Waals surface area contributed by atoms with Crippen LogP contribution in [0.5, 0.6) is 0 Å². The van der Waals surface area contributed by atoms with E-state index >= 15 is 0 Å². The van der Waals surface area contributed by atoms with Gasteiger partial charge >= 0.3 is 17.9 Å². The van der Waals surface area contributed by atoms with Gasteiger partial charge in [-0.2, -0.15) is 0 Å². The van der Waals surface area contributed by atoms with E-state index in [0.29, 0.717) is 6.61 Å². The minimum atomic E-state index is -0.803. The zero-order chi connectivity index (χ0) is 19.3. The second-order valence-electron chi connectivity index (χ2n) is 6.93. The first kappa shape index (κ1) is 23.1. The predicted molar refractivity (Wildman–Crippen MR) is 94.9 cm³/mol. The molecule has 6 heteroatoms. The summed E-state index contributed by atoms with van der Waals surface area (Å²) in [6.45, 7) is 10.6. The van der Waals surface area contributed by atoms with Crippen LogP contribution in [0.3, 0.4) is 0 Å². The van der Waals surface area contributed by atoms with Crippen LogP contribution in [0.1, 0.15) is 72.6 Å². The zero-order valence-electron chi connectivity index (χ0n) is 16.0. The number of hydrogen-bond acceptors (Lipinski definition) is 6. The lowest BCUT2D eigenvalue weighted by atomic mass is 10.1. The van der Waals surface area contributed by atoms with E-state index < -0.39 is 30.1 Å². The smallest absolute Gasteiger partial charge is 0.344 e. The fourth-order valence-corrected chi connectivity index (χ4v) is 1.96. The van der Waals surface area contributed by atoms with Gasteiger partial charge in [-0.1, -0.05) is 45.6 Å². The number of unbranched alkanes of at least 4 members (excludes halogenated alkanes) is 5. The van der Waals surface area contributed by atoms with E-state index in [1.54, 1.807) is 20.8 Å². The van der Waals surface area contributed by atoms with Crippen LogP contribution in [0.25, 0.3) is 0 Å². The van der Waals surface area contributed by atoms with Gasteiger partial charge in [0, 0.05) is 5.57 Å². The van der Waals surface area contributed by atoms with E-state index in [1.807, 2.05) is 0 Å². The average Bonchev–Trinajstić information content (AvgIpc) is 2.50. The lowest BCUT2D eigenvalue weighted by Gasteiger charge is -2.19. The normalized spacial score (nSPS) is 10.9. The molecule has 0 saturated carbocycles. The molecule has 0 aromatic carbocycles. The number of carbonyl (C=O) groups is 3. The molecule has 0 bridgehead atoms. The first-order chi connectivity index (χ1) is 11.7. The molecule has 0 aliphatic heterocycles. The molecule has 0 aromatic rings. The number of esters is 3. The Morgan fingerprint density at radius 2 is 1.48 bits per heavy atom. The largest absolute Gasteiger partial charge is 0.465 e. The van der Waals surface area contributed by atoms with Crippen molar-refractivity contribution < 1.29 is 28.6 Å². The highest BCUT2D eigenvalue weighted by Crippen LogP contribution is 2.09. The quantitative estimate of drug-likeness (QED) is 0.229. The van der Waals surface area contributed by atoms with Gasteiger partial charge in [-0.05, 0) is 27.2 Å². The van der Waals surface area contributed by atoms with Crippen LogP contribution in [0, 0.1) is 0 Å². The Morgan fingerprint density at radius 1 is 0.880 bits per heavy atom. The fourth-order valence-electron chi connectivity index (χ4n) is 1.96. The van der Waals surface area contributed by atoms with Crippen LogP contribution in [-0.2, 0) is 28.6 Å². The summed E-state index contributed by atoms with van der Waals surface area (Å²) in [4.78, 5) is 34.8. The van der Waals surface area contributed by atoms with Gasteiger partial charge in [-0.3, -0.25) is 4.79 Å². The highest BCUT2D eigenvalue weighted by Gasteiger charge is 2.19. The summed E-state index contributed by atoms with van der Waals surface area (Å²) in [5, 5.41) is 0. The monoisotopic (exact) mass is 356 g/mol. The summed E-state index contributed by atoms with van der Waals surface area (Å²) in [5.74, 6) is -1.98. The van der Waals surface area contributed by atoms with Gasteiger partial charge in [0.05, 0.1) is 13.0 Å². The first-order valence-corrected chi connectivity index (χ1v) is 8.88. The molecule has 0 rings (SSSR count). The third-order valence-electron chi connectivity index (χ3n) is 3.15. The summed E-state index contributed by atoms with van der Waals surface area (Å²) in [6, 6.07) is 0. The van der Waals surface area contributed by atoms with Crippen molar-refractivity contribution in [3.05, 3.63) is 12.2 Å². The molecular weight excluding hydrogens is 324 g/mol. The summed E-state index contributed by atoms with van der Waals surface area (Å²) in [7, 11) is 0. The van der Waals surface area contributed by atoms with E-state index in [0.717, 1.165) is 19.3 Å². The Bertz CT molecular complexity index is 447. The van der Waals surface area contributed by atoms with Crippen molar-refractivity contribution in [2.45, 2.75) is 78.2 Å². The Morgan fingerprint density at radius 3 is 2.08 bits per heavy atom. The standard InChI is InChI=1S/C19H32O6/c1-6-7-8-9-10-11-12-23-16(20)13-15(2)18(22)24-14-17(21)25-19(3,4)5/h2,6-14H2,1,3-5H3. The minimum absolute atomic E-state index is 0.0449. The van der Waals surface area contributed by atoms with Crippen molar-refractivity contribution in [3.8, 4) is 0 Å². The third kappa shape index (κ3) is 14.2. The van der Waals surface area contributed by atoms with E-state index in [4.69, 9.17) is 14.2 Å². The maximum Gasteiger partial charge on any atom is 0.344 e. The van der Waals surface area contributed by atoms with E-state index in [1.165, 1.54) is 19.3 Å². The van der Waals surface area contributed by atoms with Crippen molar-refractivity contribution >= 4 is 17.9 Å². The van der Waals surface area contributed by atoms with Crippen LogP contribution < -0.4 is 0 Å². The van der Waals surface area contributed by atoms with Gasteiger partial charge in [0.25, 0.3) is 0 Å². The van der Waals surface area contributed by atoms with Gasteiger partial charge < -0.3 is 14.2 Å². The van der Waals surface area contributed by atoms with Crippen molar-refractivity contribution in [2.24, 2.45) is 0 Å².